The molecule has 0 aliphatic carbocycles. The molecule has 1 fully saturated rings. The van der Waals surface area contributed by atoms with Gasteiger partial charge in [-0.05, 0) is 36.0 Å². The summed E-state index contributed by atoms with van der Waals surface area (Å²) in [6, 6.07) is 7.20. The lowest BCUT2D eigenvalue weighted by molar-refractivity contribution is 0.257. The van der Waals surface area contributed by atoms with Gasteiger partial charge in [-0.1, -0.05) is 39.3 Å². The van der Waals surface area contributed by atoms with Crippen LogP contribution in [0.1, 0.15) is 45.6 Å². The number of hydrogen-bond donors (Lipinski definition) is 1. The summed E-state index contributed by atoms with van der Waals surface area (Å²) in [7, 11) is -3.43. The zero-order chi connectivity index (χ0) is 15.7. The Morgan fingerprint density at radius 3 is 2.27 bits per heavy atom. The van der Waals surface area contributed by atoms with Crippen molar-refractivity contribution in [2.75, 3.05) is 13.1 Å². The zero-order valence-corrected chi connectivity index (χ0v) is 15.2. The fourth-order valence-electron chi connectivity index (χ4n) is 2.79. The zero-order valence-electron chi connectivity index (χ0n) is 13.6. The van der Waals surface area contributed by atoms with E-state index in [1.165, 1.54) is 0 Å². The first-order chi connectivity index (χ1) is 9.76. The third-order valence-electron chi connectivity index (χ3n) is 4.17. The smallest absolute Gasteiger partial charge is 0.243 e. The van der Waals surface area contributed by atoms with Gasteiger partial charge in [0, 0.05) is 19.1 Å². The summed E-state index contributed by atoms with van der Waals surface area (Å²) in [5, 5.41) is 0. The van der Waals surface area contributed by atoms with Crippen LogP contribution < -0.4 is 5.73 Å². The van der Waals surface area contributed by atoms with Crippen LogP contribution in [0, 0.1) is 0 Å². The highest BCUT2D eigenvalue weighted by Crippen LogP contribution is 2.27. The number of piperidine rings is 1. The SMILES string of the molecule is CC(C)(C)c1ccc(S(=O)(=O)N2CCCCC2CN)cc1.Cl. The summed E-state index contributed by atoms with van der Waals surface area (Å²) in [5.41, 5.74) is 6.90. The molecule has 0 bridgehead atoms. The highest BCUT2D eigenvalue weighted by molar-refractivity contribution is 7.89. The van der Waals surface area contributed by atoms with Gasteiger partial charge in [0.05, 0.1) is 4.90 Å². The van der Waals surface area contributed by atoms with Crippen LogP contribution in [0.5, 0.6) is 0 Å². The average Bonchev–Trinajstić information content (AvgIpc) is 2.46. The third kappa shape index (κ3) is 4.02. The molecule has 0 aromatic heterocycles. The summed E-state index contributed by atoms with van der Waals surface area (Å²) in [4.78, 5) is 0.371. The van der Waals surface area contributed by atoms with Crippen LogP contribution in [-0.4, -0.2) is 31.9 Å². The van der Waals surface area contributed by atoms with Gasteiger partial charge >= 0.3 is 0 Å². The summed E-state index contributed by atoms with van der Waals surface area (Å²) in [6.07, 6.45) is 2.82. The van der Waals surface area contributed by atoms with E-state index in [1.807, 2.05) is 12.1 Å². The molecule has 1 aliphatic rings. The predicted molar refractivity (Wildman–Crippen MR) is 93.0 cm³/mol. The van der Waals surface area contributed by atoms with Gasteiger partial charge in [0.15, 0.2) is 0 Å². The lowest BCUT2D eigenvalue weighted by Crippen LogP contribution is -2.47. The molecule has 2 rings (SSSR count). The van der Waals surface area contributed by atoms with Gasteiger partial charge in [0.25, 0.3) is 0 Å². The summed E-state index contributed by atoms with van der Waals surface area (Å²) < 4.78 is 27.2. The van der Waals surface area contributed by atoms with Gasteiger partial charge in [-0.3, -0.25) is 0 Å². The highest BCUT2D eigenvalue weighted by Gasteiger charge is 2.32. The van der Waals surface area contributed by atoms with Crippen molar-refractivity contribution in [1.29, 1.82) is 0 Å². The topological polar surface area (TPSA) is 63.4 Å². The van der Waals surface area contributed by atoms with Gasteiger partial charge in [-0.2, -0.15) is 4.31 Å². The quantitative estimate of drug-likeness (QED) is 0.915. The summed E-state index contributed by atoms with van der Waals surface area (Å²) in [6.45, 7) is 7.31. The fourth-order valence-corrected chi connectivity index (χ4v) is 4.49. The van der Waals surface area contributed by atoms with Crippen LogP contribution in [0.3, 0.4) is 0 Å². The average molecular weight is 347 g/mol. The molecule has 1 unspecified atom stereocenters. The maximum Gasteiger partial charge on any atom is 0.243 e. The van der Waals surface area contributed by atoms with Crippen molar-refractivity contribution in [3.63, 3.8) is 0 Å². The van der Waals surface area contributed by atoms with Crippen molar-refractivity contribution >= 4 is 22.4 Å². The summed E-state index contributed by atoms with van der Waals surface area (Å²) in [5.74, 6) is 0. The Morgan fingerprint density at radius 1 is 1.18 bits per heavy atom. The molecule has 4 nitrogen and oxygen atoms in total. The second-order valence-corrected chi connectivity index (χ2v) is 8.67. The van der Waals surface area contributed by atoms with Crippen molar-refractivity contribution in [1.82, 2.24) is 4.31 Å². The first-order valence-electron chi connectivity index (χ1n) is 7.59. The molecular weight excluding hydrogens is 320 g/mol. The number of sulfonamides is 1. The lowest BCUT2D eigenvalue weighted by atomic mass is 9.87. The molecule has 1 saturated heterocycles. The first kappa shape index (κ1) is 19.4. The highest BCUT2D eigenvalue weighted by atomic mass is 35.5. The van der Waals surface area contributed by atoms with E-state index in [4.69, 9.17) is 5.73 Å². The Bertz CT molecular complexity index is 579. The minimum atomic E-state index is -3.43. The number of rotatable bonds is 3. The third-order valence-corrected chi connectivity index (χ3v) is 6.14. The Labute approximate surface area is 140 Å². The Balaban J connectivity index is 0.00000242. The molecule has 0 saturated carbocycles. The largest absolute Gasteiger partial charge is 0.329 e. The van der Waals surface area contributed by atoms with Crippen LogP contribution in [0.25, 0.3) is 0 Å². The number of halogens is 1. The molecule has 1 aliphatic heterocycles. The van der Waals surface area contributed by atoms with Gasteiger partial charge in [-0.25, -0.2) is 8.42 Å². The van der Waals surface area contributed by atoms with Crippen molar-refractivity contribution in [2.24, 2.45) is 5.73 Å². The van der Waals surface area contributed by atoms with Crippen LogP contribution in [-0.2, 0) is 15.4 Å². The molecule has 6 heteroatoms. The van der Waals surface area contributed by atoms with Gasteiger partial charge < -0.3 is 5.73 Å². The molecule has 126 valence electrons. The van der Waals surface area contributed by atoms with E-state index in [2.05, 4.69) is 20.8 Å². The molecule has 0 radical (unpaired) electrons. The van der Waals surface area contributed by atoms with E-state index in [0.717, 1.165) is 24.8 Å². The van der Waals surface area contributed by atoms with Crippen molar-refractivity contribution in [3.05, 3.63) is 29.8 Å². The maximum absolute atomic E-state index is 12.8. The van der Waals surface area contributed by atoms with Crippen molar-refractivity contribution < 1.29 is 8.42 Å². The van der Waals surface area contributed by atoms with E-state index >= 15 is 0 Å². The van der Waals surface area contributed by atoms with Crippen LogP contribution in [0.2, 0.25) is 0 Å². The van der Waals surface area contributed by atoms with Crippen molar-refractivity contribution in [3.8, 4) is 0 Å². The van der Waals surface area contributed by atoms with Crippen LogP contribution >= 0.6 is 12.4 Å². The molecule has 1 aromatic rings. The molecule has 1 atom stereocenters. The molecule has 22 heavy (non-hydrogen) atoms. The number of hydrogen-bond acceptors (Lipinski definition) is 3. The molecular formula is C16H27ClN2O2S. The van der Waals surface area contributed by atoms with Gasteiger partial charge in [0.2, 0.25) is 10.0 Å². The molecule has 1 aromatic carbocycles. The van der Waals surface area contributed by atoms with E-state index < -0.39 is 10.0 Å². The first-order valence-corrected chi connectivity index (χ1v) is 9.03. The maximum atomic E-state index is 12.8. The number of benzene rings is 1. The fraction of sp³-hybridized carbons (Fsp3) is 0.625. The number of nitrogens with two attached hydrogens (primary N) is 1. The Morgan fingerprint density at radius 2 is 1.77 bits per heavy atom. The molecule has 1 heterocycles. The van der Waals surface area contributed by atoms with Gasteiger partial charge in [0.1, 0.15) is 0 Å². The normalized spacial score (nSPS) is 20.5. The van der Waals surface area contributed by atoms with E-state index in [1.54, 1.807) is 16.4 Å². The molecule has 0 amide bonds. The van der Waals surface area contributed by atoms with Crippen LogP contribution in [0.15, 0.2) is 29.2 Å². The predicted octanol–water partition coefficient (Wildman–Crippen LogP) is 2.91. The standard InChI is InChI=1S/C16H26N2O2S.ClH/c1-16(2,3)13-7-9-15(10-8-13)21(19,20)18-11-5-4-6-14(18)12-17;/h7-10,14H,4-6,11-12,17H2,1-3H3;1H. The number of nitrogens with zero attached hydrogens (tertiary/aromatic N) is 1. The molecule has 2 N–H and O–H groups in total. The van der Waals surface area contributed by atoms with E-state index in [-0.39, 0.29) is 23.9 Å². The second kappa shape index (κ2) is 7.30. The van der Waals surface area contributed by atoms with Crippen molar-refractivity contribution in [2.45, 2.75) is 56.4 Å². The second-order valence-electron chi connectivity index (χ2n) is 6.78. The molecule has 0 spiro atoms. The lowest BCUT2D eigenvalue weighted by Gasteiger charge is -2.34. The minimum absolute atomic E-state index is 0. The Hall–Kier alpha value is -0.620. The monoisotopic (exact) mass is 346 g/mol. The summed E-state index contributed by atoms with van der Waals surface area (Å²) >= 11 is 0. The van der Waals surface area contributed by atoms with E-state index in [0.29, 0.717) is 18.0 Å². The Kier molecular flexibility index (Phi) is 6.45. The van der Waals surface area contributed by atoms with Gasteiger partial charge in [-0.15, -0.1) is 12.4 Å². The van der Waals surface area contributed by atoms with E-state index in [9.17, 15) is 8.42 Å². The van der Waals surface area contributed by atoms with Crippen LogP contribution in [0.4, 0.5) is 0 Å². The minimum Gasteiger partial charge on any atom is -0.329 e.